The van der Waals surface area contributed by atoms with Gasteiger partial charge in [0.25, 0.3) is 0 Å². The number of primary amides is 1. The maximum absolute atomic E-state index is 12.7. The van der Waals surface area contributed by atoms with E-state index in [1.165, 1.54) is 23.9 Å². The fraction of sp³-hybridized carbons (Fsp3) is 0. The zero-order valence-corrected chi connectivity index (χ0v) is 9.71. The minimum atomic E-state index is -0.463. The van der Waals surface area contributed by atoms with E-state index in [4.69, 9.17) is 5.73 Å². The smallest absolute Gasteiger partial charge is 0.249 e. The number of hydrogen-bond donors (Lipinski definition) is 1. The zero-order valence-electron chi connectivity index (χ0n) is 8.89. The molecule has 0 saturated heterocycles. The average molecular weight is 247 g/mol. The van der Waals surface area contributed by atoms with E-state index in [0.29, 0.717) is 5.56 Å². The Labute approximate surface area is 103 Å². The lowest BCUT2D eigenvalue weighted by atomic mass is 10.2. The average Bonchev–Trinajstić information content (AvgIpc) is 2.32. The van der Waals surface area contributed by atoms with Crippen molar-refractivity contribution in [1.29, 1.82) is 0 Å². The van der Waals surface area contributed by atoms with E-state index in [2.05, 4.69) is 0 Å². The predicted molar refractivity (Wildman–Crippen MR) is 65.5 cm³/mol. The Morgan fingerprint density at radius 3 is 2.35 bits per heavy atom. The second-order valence-electron chi connectivity index (χ2n) is 3.42. The van der Waals surface area contributed by atoms with Crippen LogP contribution in [-0.2, 0) is 0 Å². The molecule has 0 bridgehead atoms. The minimum Gasteiger partial charge on any atom is -0.366 e. The molecule has 0 aliphatic carbocycles. The first-order chi connectivity index (χ1) is 8.16. The highest BCUT2D eigenvalue weighted by Crippen LogP contribution is 2.30. The summed E-state index contributed by atoms with van der Waals surface area (Å²) in [6, 6.07) is 13.2. The summed E-state index contributed by atoms with van der Waals surface area (Å²) in [5.74, 6) is -0.743. The van der Waals surface area contributed by atoms with E-state index in [0.717, 1.165) is 9.79 Å². The Bertz CT molecular complexity index is 539. The molecule has 0 atom stereocenters. The molecule has 2 aromatic carbocycles. The summed E-state index contributed by atoms with van der Waals surface area (Å²) in [7, 11) is 0. The quantitative estimate of drug-likeness (QED) is 0.905. The molecule has 2 rings (SSSR count). The van der Waals surface area contributed by atoms with Crippen LogP contribution in [0.4, 0.5) is 4.39 Å². The lowest BCUT2D eigenvalue weighted by Crippen LogP contribution is -2.11. The van der Waals surface area contributed by atoms with Gasteiger partial charge >= 0.3 is 0 Å². The molecule has 86 valence electrons. The molecule has 4 heteroatoms. The van der Waals surface area contributed by atoms with Crippen LogP contribution in [-0.4, -0.2) is 5.91 Å². The van der Waals surface area contributed by atoms with Crippen molar-refractivity contribution in [2.45, 2.75) is 9.79 Å². The largest absolute Gasteiger partial charge is 0.366 e. The first-order valence-electron chi connectivity index (χ1n) is 4.99. The SMILES string of the molecule is NC(=O)c1ccccc1Sc1ccc(F)cc1. The Balaban J connectivity index is 2.30. The second kappa shape index (κ2) is 5.01. The molecule has 0 fully saturated rings. The van der Waals surface area contributed by atoms with Gasteiger partial charge in [-0.15, -0.1) is 0 Å². The van der Waals surface area contributed by atoms with Crippen LogP contribution in [0.3, 0.4) is 0 Å². The number of halogens is 1. The topological polar surface area (TPSA) is 43.1 Å². The molecule has 0 aliphatic heterocycles. The highest BCUT2D eigenvalue weighted by molar-refractivity contribution is 7.99. The first kappa shape index (κ1) is 11.7. The summed E-state index contributed by atoms with van der Waals surface area (Å²) < 4.78 is 12.7. The molecular formula is C13H10FNOS. The van der Waals surface area contributed by atoms with Gasteiger partial charge in [0.2, 0.25) is 5.91 Å². The molecule has 0 spiro atoms. The summed E-state index contributed by atoms with van der Waals surface area (Å²) in [6.45, 7) is 0. The summed E-state index contributed by atoms with van der Waals surface area (Å²) in [5, 5.41) is 0. The standard InChI is InChI=1S/C13H10FNOS/c14-9-5-7-10(8-6-9)17-12-4-2-1-3-11(12)13(15)16/h1-8H,(H2,15,16). The van der Waals surface area contributed by atoms with Crippen molar-refractivity contribution < 1.29 is 9.18 Å². The maximum atomic E-state index is 12.7. The molecule has 2 aromatic rings. The molecule has 2 N–H and O–H groups in total. The Hall–Kier alpha value is -1.81. The van der Waals surface area contributed by atoms with Crippen LogP contribution in [0.25, 0.3) is 0 Å². The zero-order chi connectivity index (χ0) is 12.3. The van der Waals surface area contributed by atoms with Crippen molar-refractivity contribution in [3.05, 3.63) is 59.9 Å². The van der Waals surface area contributed by atoms with Crippen molar-refractivity contribution >= 4 is 17.7 Å². The van der Waals surface area contributed by atoms with E-state index >= 15 is 0 Å². The molecule has 2 nitrogen and oxygen atoms in total. The molecule has 0 unspecified atom stereocenters. The molecule has 0 saturated carbocycles. The number of nitrogens with two attached hydrogens (primary N) is 1. The third-order valence-corrected chi connectivity index (χ3v) is 3.28. The fourth-order valence-corrected chi connectivity index (χ4v) is 2.34. The van der Waals surface area contributed by atoms with E-state index in [1.807, 2.05) is 12.1 Å². The van der Waals surface area contributed by atoms with Gasteiger partial charge in [-0.3, -0.25) is 4.79 Å². The van der Waals surface area contributed by atoms with Crippen molar-refractivity contribution in [1.82, 2.24) is 0 Å². The predicted octanol–water partition coefficient (Wildman–Crippen LogP) is 3.08. The maximum Gasteiger partial charge on any atom is 0.249 e. The van der Waals surface area contributed by atoms with E-state index in [9.17, 15) is 9.18 Å². The number of carbonyl (C=O) groups excluding carboxylic acids is 1. The Kier molecular flexibility index (Phi) is 3.44. The number of hydrogen-bond acceptors (Lipinski definition) is 2. The van der Waals surface area contributed by atoms with Crippen LogP contribution in [0, 0.1) is 5.82 Å². The van der Waals surface area contributed by atoms with Gasteiger partial charge < -0.3 is 5.73 Å². The van der Waals surface area contributed by atoms with E-state index < -0.39 is 5.91 Å². The molecular weight excluding hydrogens is 237 g/mol. The number of carbonyl (C=O) groups is 1. The summed E-state index contributed by atoms with van der Waals surface area (Å²) in [4.78, 5) is 12.8. The highest BCUT2D eigenvalue weighted by atomic mass is 32.2. The molecule has 0 heterocycles. The molecule has 0 radical (unpaired) electrons. The first-order valence-corrected chi connectivity index (χ1v) is 5.81. The molecule has 0 aliphatic rings. The van der Waals surface area contributed by atoms with Gasteiger partial charge in [0.15, 0.2) is 0 Å². The molecule has 17 heavy (non-hydrogen) atoms. The van der Waals surface area contributed by atoms with Gasteiger partial charge in [0.05, 0.1) is 5.56 Å². The number of rotatable bonds is 3. The van der Waals surface area contributed by atoms with Crippen LogP contribution in [0.15, 0.2) is 58.3 Å². The minimum absolute atomic E-state index is 0.280. The van der Waals surface area contributed by atoms with Crippen LogP contribution >= 0.6 is 11.8 Å². The third kappa shape index (κ3) is 2.85. The van der Waals surface area contributed by atoms with Gasteiger partial charge in [-0.05, 0) is 36.4 Å². The van der Waals surface area contributed by atoms with Crippen LogP contribution in [0.1, 0.15) is 10.4 Å². The van der Waals surface area contributed by atoms with Crippen molar-refractivity contribution in [2.75, 3.05) is 0 Å². The van der Waals surface area contributed by atoms with Gasteiger partial charge in [-0.25, -0.2) is 4.39 Å². The normalized spacial score (nSPS) is 10.2. The summed E-state index contributed by atoms with van der Waals surface area (Å²) in [5.41, 5.74) is 5.75. The summed E-state index contributed by atoms with van der Waals surface area (Å²) in [6.07, 6.45) is 0. The lowest BCUT2D eigenvalue weighted by Gasteiger charge is -2.05. The van der Waals surface area contributed by atoms with E-state index in [1.54, 1.807) is 24.3 Å². The monoisotopic (exact) mass is 247 g/mol. The second-order valence-corrected chi connectivity index (χ2v) is 4.53. The van der Waals surface area contributed by atoms with Crippen LogP contribution < -0.4 is 5.73 Å². The van der Waals surface area contributed by atoms with Gasteiger partial charge in [-0.2, -0.15) is 0 Å². The molecule has 1 amide bonds. The Morgan fingerprint density at radius 1 is 1.06 bits per heavy atom. The molecule has 0 aromatic heterocycles. The van der Waals surface area contributed by atoms with Crippen LogP contribution in [0.5, 0.6) is 0 Å². The third-order valence-electron chi connectivity index (χ3n) is 2.19. The fourth-order valence-electron chi connectivity index (χ4n) is 1.39. The highest BCUT2D eigenvalue weighted by Gasteiger charge is 2.08. The van der Waals surface area contributed by atoms with Crippen molar-refractivity contribution in [3.8, 4) is 0 Å². The number of amides is 1. The van der Waals surface area contributed by atoms with Crippen molar-refractivity contribution in [2.24, 2.45) is 5.73 Å². The van der Waals surface area contributed by atoms with Gasteiger partial charge in [-0.1, -0.05) is 23.9 Å². The van der Waals surface area contributed by atoms with Crippen LogP contribution in [0.2, 0.25) is 0 Å². The Morgan fingerprint density at radius 2 is 1.71 bits per heavy atom. The van der Waals surface area contributed by atoms with Gasteiger partial charge in [0, 0.05) is 9.79 Å². The number of benzene rings is 2. The van der Waals surface area contributed by atoms with Gasteiger partial charge in [0.1, 0.15) is 5.82 Å². The lowest BCUT2D eigenvalue weighted by molar-refractivity contribution is 0.0997. The summed E-state index contributed by atoms with van der Waals surface area (Å²) >= 11 is 1.38. The van der Waals surface area contributed by atoms with Crippen molar-refractivity contribution in [3.63, 3.8) is 0 Å². The van der Waals surface area contributed by atoms with E-state index in [-0.39, 0.29) is 5.82 Å².